The Labute approximate surface area is 163 Å². The summed E-state index contributed by atoms with van der Waals surface area (Å²) >= 11 is 0. The van der Waals surface area contributed by atoms with Gasteiger partial charge < -0.3 is 25.0 Å². The third-order valence-corrected chi connectivity index (χ3v) is 4.85. The number of carbonyl (C=O) groups is 2. The largest absolute Gasteiger partial charge is 0.478 e. The molecule has 28 heavy (non-hydrogen) atoms. The highest BCUT2D eigenvalue weighted by molar-refractivity contribution is 6.02. The number of ether oxygens (including phenoxy) is 2. The molecule has 1 fully saturated rings. The van der Waals surface area contributed by atoms with Gasteiger partial charge in [-0.1, -0.05) is 6.07 Å². The van der Waals surface area contributed by atoms with Crippen LogP contribution < -0.4 is 20.3 Å². The van der Waals surface area contributed by atoms with Crippen molar-refractivity contribution in [2.45, 2.75) is 19.4 Å². The van der Waals surface area contributed by atoms with Crippen molar-refractivity contribution in [3.8, 4) is 5.75 Å². The van der Waals surface area contributed by atoms with Gasteiger partial charge in [0.25, 0.3) is 5.91 Å². The summed E-state index contributed by atoms with van der Waals surface area (Å²) in [7, 11) is 0. The zero-order valence-electron chi connectivity index (χ0n) is 15.7. The molecule has 2 aliphatic rings. The molecule has 0 aromatic heterocycles. The topological polar surface area (TPSA) is 79.9 Å². The summed E-state index contributed by atoms with van der Waals surface area (Å²) in [6.07, 6.45) is -0.896. The zero-order chi connectivity index (χ0) is 19.5. The molecule has 0 radical (unpaired) electrons. The molecular weight excluding hydrogens is 358 g/mol. The highest BCUT2D eigenvalue weighted by Crippen LogP contribution is 2.31. The summed E-state index contributed by atoms with van der Waals surface area (Å²) in [5.74, 6) is 0.00335. The molecule has 0 spiro atoms. The van der Waals surface area contributed by atoms with E-state index < -0.39 is 6.10 Å². The third-order valence-electron chi connectivity index (χ3n) is 4.85. The van der Waals surface area contributed by atoms with Gasteiger partial charge in [-0.25, -0.2) is 0 Å². The van der Waals surface area contributed by atoms with E-state index in [9.17, 15) is 9.59 Å². The van der Waals surface area contributed by atoms with E-state index in [1.54, 1.807) is 6.07 Å². The second-order valence-corrected chi connectivity index (χ2v) is 6.99. The number of hydrogen-bond donors (Lipinski definition) is 2. The number of hydrogen-bond acceptors (Lipinski definition) is 5. The highest BCUT2D eigenvalue weighted by Gasteiger charge is 2.29. The maximum absolute atomic E-state index is 12.4. The van der Waals surface area contributed by atoms with Crippen LogP contribution in [0.15, 0.2) is 42.5 Å². The molecule has 1 atom stereocenters. The van der Waals surface area contributed by atoms with E-state index in [1.165, 1.54) is 0 Å². The molecule has 2 aliphatic heterocycles. The fraction of sp³-hybridized carbons (Fsp3) is 0.333. The van der Waals surface area contributed by atoms with Gasteiger partial charge in [0.1, 0.15) is 5.75 Å². The lowest BCUT2D eigenvalue weighted by Crippen LogP contribution is -2.39. The summed E-state index contributed by atoms with van der Waals surface area (Å²) in [4.78, 5) is 26.9. The number of benzene rings is 2. The normalized spacial score (nSPS) is 18.7. The Morgan fingerprint density at radius 1 is 1.18 bits per heavy atom. The van der Waals surface area contributed by atoms with Crippen LogP contribution in [0.2, 0.25) is 0 Å². The average molecular weight is 381 g/mol. The van der Waals surface area contributed by atoms with Gasteiger partial charge >= 0.3 is 0 Å². The van der Waals surface area contributed by atoms with Crippen LogP contribution >= 0.6 is 0 Å². The van der Waals surface area contributed by atoms with Crippen LogP contribution in [-0.2, 0) is 14.3 Å². The van der Waals surface area contributed by atoms with Crippen molar-refractivity contribution >= 4 is 28.9 Å². The van der Waals surface area contributed by atoms with E-state index in [1.807, 2.05) is 43.3 Å². The minimum absolute atomic E-state index is 0.0512. The SMILES string of the molecule is Cc1ccc2c(c1)NC(=O)C(CC(=O)Nc1ccc(N3CCOCC3)cc1)O2. The summed E-state index contributed by atoms with van der Waals surface area (Å²) in [5.41, 5.74) is 3.46. The molecule has 146 valence electrons. The lowest BCUT2D eigenvalue weighted by molar-refractivity contribution is -0.128. The van der Waals surface area contributed by atoms with Gasteiger partial charge in [0.15, 0.2) is 6.10 Å². The number of morpholine rings is 1. The van der Waals surface area contributed by atoms with Crippen LogP contribution in [0.1, 0.15) is 12.0 Å². The van der Waals surface area contributed by atoms with E-state index in [4.69, 9.17) is 9.47 Å². The first-order valence-corrected chi connectivity index (χ1v) is 9.39. The maximum Gasteiger partial charge on any atom is 0.266 e. The summed E-state index contributed by atoms with van der Waals surface area (Å²) in [6.45, 7) is 5.12. The Morgan fingerprint density at radius 2 is 1.93 bits per heavy atom. The van der Waals surface area contributed by atoms with Crippen LogP contribution in [0.5, 0.6) is 5.75 Å². The zero-order valence-corrected chi connectivity index (χ0v) is 15.7. The molecule has 1 unspecified atom stereocenters. The summed E-state index contributed by atoms with van der Waals surface area (Å²) < 4.78 is 11.1. The number of nitrogens with one attached hydrogen (secondary N) is 2. The second-order valence-electron chi connectivity index (χ2n) is 6.99. The Morgan fingerprint density at radius 3 is 2.68 bits per heavy atom. The fourth-order valence-corrected chi connectivity index (χ4v) is 3.36. The maximum atomic E-state index is 12.4. The van der Waals surface area contributed by atoms with Crippen molar-refractivity contribution in [3.05, 3.63) is 48.0 Å². The van der Waals surface area contributed by atoms with Crippen LogP contribution in [0.4, 0.5) is 17.1 Å². The van der Waals surface area contributed by atoms with Gasteiger partial charge in [-0.2, -0.15) is 0 Å². The molecule has 7 nitrogen and oxygen atoms in total. The molecule has 2 heterocycles. The molecule has 2 aromatic carbocycles. The van der Waals surface area contributed by atoms with Gasteiger partial charge in [-0.15, -0.1) is 0 Å². The van der Waals surface area contributed by atoms with Crippen LogP contribution in [0.25, 0.3) is 0 Å². The summed E-state index contributed by atoms with van der Waals surface area (Å²) in [6, 6.07) is 13.2. The standard InChI is InChI=1S/C21H23N3O4/c1-14-2-7-18-17(12-14)23-21(26)19(28-18)13-20(25)22-15-3-5-16(6-4-15)24-8-10-27-11-9-24/h2-7,12,19H,8-11,13H2,1H3,(H,22,25)(H,23,26). The third kappa shape index (κ3) is 4.09. The molecule has 1 saturated heterocycles. The molecule has 0 aliphatic carbocycles. The minimum Gasteiger partial charge on any atom is -0.478 e. The van der Waals surface area contributed by atoms with E-state index in [0.29, 0.717) is 17.1 Å². The number of amides is 2. The molecular formula is C21H23N3O4. The predicted molar refractivity (Wildman–Crippen MR) is 107 cm³/mol. The quantitative estimate of drug-likeness (QED) is 0.851. The van der Waals surface area contributed by atoms with E-state index in [2.05, 4.69) is 15.5 Å². The lowest BCUT2D eigenvalue weighted by Gasteiger charge is -2.29. The number of nitrogens with zero attached hydrogens (tertiary/aromatic N) is 1. The van der Waals surface area contributed by atoms with E-state index in [0.717, 1.165) is 37.6 Å². The summed E-state index contributed by atoms with van der Waals surface area (Å²) in [5, 5.41) is 5.64. The van der Waals surface area contributed by atoms with Crippen LogP contribution in [-0.4, -0.2) is 44.2 Å². The van der Waals surface area contributed by atoms with E-state index in [-0.39, 0.29) is 18.2 Å². The predicted octanol–water partition coefficient (Wildman–Crippen LogP) is 2.56. The number of aryl methyl sites for hydroxylation is 1. The van der Waals surface area contributed by atoms with Crippen LogP contribution in [0, 0.1) is 6.92 Å². The first-order valence-electron chi connectivity index (χ1n) is 9.39. The van der Waals surface area contributed by atoms with Gasteiger partial charge in [-0.3, -0.25) is 9.59 Å². The lowest BCUT2D eigenvalue weighted by atomic mass is 10.1. The van der Waals surface area contributed by atoms with Crippen LogP contribution in [0.3, 0.4) is 0 Å². The minimum atomic E-state index is -0.845. The van der Waals surface area contributed by atoms with Crippen molar-refractivity contribution in [2.24, 2.45) is 0 Å². The Balaban J connectivity index is 1.35. The van der Waals surface area contributed by atoms with E-state index >= 15 is 0 Å². The van der Waals surface area contributed by atoms with Gasteiger partial charge in [0.05, 0.1) is 25.3 Å². The molecule has 4 rings (SSSR count). The highest BCUT2D eigenvalue weighted by atomic mass is 16.5. The molecule has 2 amide bonds. The Kier molecular flexibility index (Phi) is 5.16. The molecule has 2 aromatic rings. The van der Waals surface area contributed by atoms with Gasteiger partial charge in [-0.05, 0) is 48.9 Å². The first-order chi connectivity index (χ1) is 13.6. The van der Waals surface area contributed by atoms with Crippen molar-refractivity contribution in [3.63, 3.8) is 0 Å². The van der Waals surface area contributed by atoms with Gasteiger partial charge in [0, 0.05) is 24.5 Å². The van der Waals surface area contributed by atoms with Crippen molar-refractivity contribution in [1.82, 2.24) is 0 Å². The van der Waals surface area contributed by atoms with Crippen molar-refractivity contribution in [1.29, 1.82) is 0 Å². The smallest absolute Gasteiger partial charge is 0.266 e. The first kappa shape index (κ1) is 18.3. The van der Waals surface area contributed by atoms with Gasteiger partial charge in [0.2, 0.25) is 5.91 Å². The Bertz CT molecular complexity index is 876. The molecule has 0 saturated carbocycles. The van der Waals surface area contributed by atoms with Crippen molar-refractivity contribution in [2.75, 3.05) is 41.8 Å². The fourth-order valence-electron chi connectivity index (χ4n) is 3.36. The molecule has 2 N–H and O–H groups in total. The van der Waals surface area contributed by atoms with Crippen molar-refractivity contribution < 1.29 is 19.1 Å². The Hall–Kier alpha value is -3.06. The molecule has 0 bridgehead atoms. The monoisotopic (exact) mass is 381 g/mol. The number of fused-ring (bicyclic) bond motifs is 1. The molecule has 7 heteroatoms. The average Bonchev–Trinajstić information content (AvgIpc) is 2.70. The number of anilines is 3. The number of rotatable bonds is 4. The number of carbonyl (C=O) groups excluding carboxylic acids is 2. The second kappa shape index (κ2) is 7.90.